The van der Waals surface area contributed by atoms with Crippen LogP contribution in [-0.4, -0.2) is 22.0 Å². The molecule has 7 heteroatoms. The van der Waals surface area contributed by atoms with Crippen molar-refractivity contribution < 1.29 is 9.53 Å². The molecule has 0 aliphatic heterocycles. The number of rotatable bonds is 5. The van der Waals surface area contributed by atoms with Crippen molar-refractivity contribution in [1.29, 1.82) is 0 Å². The topological polar surface area (TPSA) is 84.1 Å². The highest BCUT2D eigenvalue weighted by Gasteiger charge is 2.15. The highest BCUT2D eigenvalue weighted by molar-refractivity contribution is 6.33. The minimum Gasteiger partial charge on any atom is -0.475 e. The maximum absolute atomic E-state index is 12.3. The van der Waals surface area contributed by atoms with Gasteiger partial charge in [0.15, 0.2) is 5.69 Å². The van der Waals surface area contributed by atoms with E-state index in [9.17, 15) is 9.59 Å². The predicted octanol–water partition coefficient (Wildman–Crippen LogP) is 2.76. The van der Waals surface area contributed by atoms with Gasteiger partial charge in [0.05, 0.1) is 11.1 Å². The molecule has 0 aliphatic rings. The van der Waals surface area contributed by atoms with Gasteiger partial charge in [-0.2, -0.15) is 0 Å². The number of ether oxygens (including phenoxy) is 1. The highest BCUT2D eigenvalue weighted by atomic mass is 35.5. The van der Waals surface area contributed by atoms with Gasteiger partial charge < -0.3 is 15.0 Å². The van der Waals surface area contributed by atoms with E-state index in [0.29, 0.717) is 11.4 Å². The lowest BCUT2D eigenvalue weighted by atomic mass is 10.1. The molecule has 0 radical (unpaired) electrons. The van der Waals surface area contributed by atoms with Crippen LogP contribution in [0.25, 0.3) is 0 Å². The maximum atomic E-state index is 12.3. The molecule has 0 aromatic carbocycles. The smallest absolute Gasteiger partial charge is 0.271 e. The molecule has 2 heterocycles. The summed E-state index contributed by atoms with van der Waals surface area (Å²) >= 11 is 6.05. The van der Waals surface area contributed by atoms with Crippen LogP contribution in [0.15, 0.2) is 23.0 Å². The van der Waals surface area contributed by atoms with Crippen molar-refractivity contribution in [1.82, 2.24) is 15.3 Å². The monoisotopic (exact) mass is 349 g/mol. The van der Waals surface area contributed by atoms with Crippen molar-refractivity contribution in [3.05, 3.63) is 56.1 Å². The number of carbonyl (C=O) groups excluding carboxylic acids is 1. The summed E-state index contributed by atoms with van der Waals surface area (Å²) in [5.74, 6) is -0.141. The summed E-state index contributed by atoms with van der Waals surface area (Å²) in [6.07, 6.45) is -0.0663. The first-order chi connectivity index (χ1) is 11.3. The van der Waals surface area contributed by atoms with Crippen molar-refractivity contribution in [3.63, 3.8) is 0 Å². The Morgan fingerprint density at radius 1 is 1.38 bits per heavy atom. The molecule has 0 saturated carbocycles. The summed E-state index contributed by atoms with van der Waals surface area (Å²) in [6.45, 7) is 7.45. The van der Waals surface area contributed by atoms with E-state index in [2.05, 4.69) is 15.3 Å². The Labute approximate surface area is 145 Å². The number of aryl methyl sites for hydroxylation is 2. The largest absolute Gasteiger partial charge is 0.475 e. The van der Waals surface area contributed by atoms with E-state index < -0.39 is 5.91 Å². The van der Waals surface area contributed by atoms with E-state index in [1.807, 2.05) is 26.8 Å². The number of H-pyrrole nitrogens is 1. The molecular formula is C17H20ClN3O3. The second kappa shape index (κ2) is 7.49. The van der Waals surface area contributed by atoms with Crippen LogP contribution >= 0.6 is 11.6 Å². The van der Waals surface area contributed by atoms with Crippen molar-refractivity contribution in [2.24, 2.45) is 0 Å². The number of nitrogens with one attached hydrogen (secondary N) is 2. The number of hydrogen-bond acceptors (Lipinski definition) is 4. The first-order valence-corrected chi connectivity index (χ1v) is 7.96. The molecule has 6 nitrogen and oxygen atoms in total. The van der Waals surface area contributed by atoms with Gasteiger partial charge >= 0.3 is 0 Å². The number of nitrogens with zero attached hydrogens (tertiary/aromatic N) is 1. The van der Waals surface area contributed by atoms with Crippen LogP contribution in [0, 0.1) is 13.8 Å². The quantitative estimate of drug-likeness (QED) is 0.869. The fourth-order valence-corrected chi connectivity index (χ4v) is 2.44. The van der Waals surface area contributed by atoms with Gasteiger partial charge in [-0.25, -0.2) is 4.98 Å². The zero-order chi connectivity index (χ0) is 17.9. The molecule has 0 fully saturated rings. The highest BCUT2D eigenvalue weighted by Crippen LogP contribution is 2.19. The zero-order valence-corrected chi connectivity index (χ0v) is 14.8. The number of pyridine rings is 2. The molecule has 1 amide bonds. The molecular weight excluding hydrogens is 330 g/mol. The third-order valence-corrected chi connectivity index (χ3v) is 3.62. The van der Waals surface area contributed by atoms with Gasteiger partial charge in [-0.05, 0) is 45.4 Å². The van der Waals surface area contributed by atoms with Crippen molar-refractivity contribution in [2.45, 2.75) is 40.3 Å². The summed E-state index contributed by atoms with van der Waals surface area (Å²) in [6, 6.07) is 5.02. The normalized spacial score (nSPS) is 10.8. The lowest BCUT2D eigenvalue weighted by Crippen LogP contribution is -2.28. The van der Waals surface area contributed by atoms with Gasteiger partial charge in [-0.3, -0.25) is 9.59 Å². The van der Waals surface area contributed by atoms with E-state index in [-0.39, 0.29) is 28.9 Å². The number of halogens is 1. The van der Waals surface area contributed by atoms with Crippen LogP contribution in [0.3, 0.4) is 0 Å². The molecule has 24 heavy (non-hydrogen) atoms. The van der Waals surface area contributed by atoms with Crippen LogP contribution < -0.4 is 15.6 Å². The Hall–Kier alpha value is -2.34. The molecule has 128 valence electrons. The van der Waals surface area contributed by atoms with Gasteiger partial charge in [0.25, 0.3) is 11.5 Å². The maximum Gasteiger partial charge on any atom is 0.271 e. The summed E-state index contributed by atoms with van der Waals surface area (Å²) in [5.41, 5.74) is 1.93. The van der Waals surface area contributed by atoms with Crippen LogP contribution in [0.1, 0.15) is 41.2 Å². The van der Waals surface area contributed by atoms with Crippen molar-refractivity contribution in [2.75, 3.05) is 0 Å². The summed E-state index contributed by atoms with van der Waals surface area (Å²) in [7, 11) is 0. The van der Waals surface area contributed by atoms with Crippen LogP contribution in [0.2, 0.25) is 5.02 Å². The summed E-state index contributed by atoms with van der Waals surface area (Å²) < 4.78 is 5.47. The average Bonchev–Trinajstić information content (AvgIpc) is 2.47. The van der Waals surface area contributed by atoms with Gasteiger partial charge in [0.1, 0.15) is 0 Å². The molecule has 2 N–H and O–H groups in total. The van der Waals surface area contributed by atoms with E-state index in [4.69, 9.17) is 16.3 Å². The fourth-order valence-electron chi connectivity index (χ4n) is 2.24. The standard InChI is InChI=1S/C17H20ClN3O3/c1-9(2)24-14-6-5-13(18)15(21-14)17(23)19-8-12-10(3)7-11(4)20-16(12)22/h5-7,9H,8H2,1-4H3,(H,19,23)(H,20,22). The molecule has 0 bridgehead atoms. The second-order valence-electron chi connectivity index (χ2n) is 5.77. The molecule has 0 unspecified atom stereocenters. The molecule has 0 spiro atoms. The summed E-state index contributed by atoms with van der Waals surface area (Å²) in [4.78, 5) is 31.2. The van der Waals surface area contributed by atoms with E-state index >= 15 is 0 Å². The second-order valence-corrected chi connectivity index (χ2v) is 6.18. The SMILES string of the molecule is Cc1cc(C)c(CNC(=O)c2nc(OC(C)C)ccc2Cl)c(=O)[nH]1. The van der Waals surface area contributed by atoms with Gasteiger partial charge in [0, 0.05) is 23.9 Å². The Morgan fingerprint density at radius 2 is 2.08 bits per heavy atom. The Balaban J connectivity index is 2.17. The summed E-state index contributed by atoms with van der Waals surface area (Å²) in [5, 5.41) is 2.90. The average molecular weight is 350 g/mol. The number of hydrogen-bond donors (Lipinski definition) is 2. The molecule has 2 aromatic heterocycles. The molecule has 2 rings (SSSR count). The Morgan fingerprint density at radius 3 is 2.71 bits per heavy atom. The molecule has 0 aliphatic carbocycles. The fraction of sp³-hybridized carbons (Fsp3) is 0.353. The number of carbonyl (C=O) groups is 1. The Kier molecular flexibility index (Phi) is 5.62. The lowest BCUT2D eigenvalue weighted by Gasteiger charge is -2.11. The van der Waals surface area contributed by atoms with Crippen LogP contribution in [0.4, 0.5) is 0 Å². The number of aromatic nitrogens is 2. The van der Waals surface area contributed by atoms with Crippen molar-refractivity contribution >= 4 is 17.5 Å². The first-order valence-electron chi connectivity index (χ1n) is 7.58. The van der Waals surface area contributed by atoms with E-state index in [0.717, 1.165) is 11.3 Å². The van der Waals surface area contributed by atoms with Crippen LogP contribution in [0.5, 0.6) is 5.88 Å². The third-order valence-electron chi connectivity index (χ3n) is 3.31. The van der Waals surface area contributed by atoms with Crippen LogP contribution in [-0.2, 0) is 6.54 Å². The number of aromatic amines is 1. The molecule has 0 saturated heterocycles. The zero-order valence-electron chi connectivity index (χ0n) is 14.1. The van der Waals surface area contributed by atoms with E-state index in [1.54, 1.807) is 19.1 Å². The molecule has 2 aromatic rings. The van der Waals surface area contributed by atoms with Gasteiger partial charge in [-0.1, -0.05) is 11.6 Å². The third kappa shape index (κ3) is 4.35. The van der Waals surface area contributed by atoms with Gasteiger partial charge in [-0.15, -0.1) is 0 Å². The van der Waals surface area contributed by atoms with E-state index in [1.165, 1.54) is 0 Å². The predicted molar refractivity (Wildman–Crippen MR) is 92.7 cm³/mol. The first kappa shape index (κ1) is 18.0. The Bertz CT molecular complexity index is 815. The lowest BCUT2D eigenvalue weighted by molar-refractivity contribution is 0.0944. The minimum atomic E-state index is -0.464. The van der Waals surface area contributed by atoms with Gasteiger partial charge in [0.2, 0.25) is 5.88 Å². The molecule has 0 atom stereocenters. The minimum absolute atomic E-state index is 0.0657. The number of amides is 1. The van der Waals surface area contributed by atoms with Crippen molar-refractivity contribution in [3.8, 4) is 5.88 Å².